The summed E-state index contributed by atoms with van der Waals surface area (Å²) in [5.74, 6) is -0.481. The third-order valence-corrected chi connectivity index (χ3v) is 3.16. The third kappa shape index (κ3) is 4.13. The van der Waals surface area contributed by atoms with Gasteiger partial charge in [-0.15, -0.1) is 0 Å². The van der Waals surface area contributed by atoms with E-state index in [4.69, 9.17) is 15.6 Å². The zero-order chi connectivity index (χ0) is 14.4. The number of rotatable bonds is 7. The molecule has 0 atom stereocenters. The van der Waals surface area contributed by atoms with Crippen LogP contribution in [0.1, 0.15) is 29.8 Å². The minimum absolute atomic E-state index is 0.0952. The van der Waals surface area contributed by atoms with E-state index >= 15 is 0 Å². The van der Waals surface area contributed by atoms with Gasteiger partial charge in [-0.1, -0.05) is 13.8 Å². The average Bonchev–Trinajstić information content (AvgIpc) is 2.38. The van der Waals surface area contributed by atoms with Crippen molar-refractivity contribution in [2.24, 2.45) is 0 Å². The molecule has 0 radical (unpaired) electrons. The Morgan fingerprint density at radius 3 is 2.53 bits per heavy atom. The van der Waals surface area contributed by atoms with Crippen LogP contribution in [0.4, 0.5) is 5.69 Å². The fraction of sp³-hybridized carbons (Fsp3) is 0.500. The molecule has 0 unspecified atom stereocenters. The molecule has 0 bridgehead atoms. The number of carboxylic acid groups (broad SMARTS) is 1. The summed E-state index contributed by atoms with van der Waals surface area (Å²) in [5, 5.41) is 9.06. The van der Waals surface area contributed by atoms with Crippen LogP contribution in [0.15, 0.2) is 12.1 Å². The number of ether oxygens (including phenoxy) is 1. The SMILES string of the molecule is CCN(CC)CCOc1cc(C)c(N)c(C(=O)O)c1. The molecule has 0 amide bonds. The molecule has 19 heavy (non-hydrogen) atoms. The normalized spacial score (nSPS) is 10.7. The van der Waals surface area contributed by atoms with E-state index in [1.54, 1.807) is 13.0 Å². The molecule has 5 nitrogen and oxygen atoms in total. The Bertz CT molecular complexity index is 443. The number of likely N-dealkylation sites (N-methyl/N-ethyl adjacent to an activating group) is 1. The average molecular weight is 266 g/mol. The highest BCUT2D eigenvalue weighted by Gasteiger charge is 2.12. The molecule has 0 aliphatic rings. The summed E-state index contributed by atoms with van der Waals surface area (Å²) in [4.78, 5) is 13.3. The Hall–Kier alpha value is -1.75. The molecule has 0 spiro atoms. The van der Waals surface area contributed by atoms with Gasteiger partial charge in [-0.25, -0.2) is 4.79 Å². The van der Waals surface area contributed by atoms with Crippen LogP contribution in [0.2, 0.25) is 0 Å². The van der Waals surface area contributed by atoms with Crippen LogP contribution in [-0.4, -0.2) is 42.2 Å². The summed E-state index contributed by atoms with van der Waals surface area (Å²) >= 11 is 0. The Morgan fingerprint density at radius 1 is 1.37 bits per heavy atom. The highest BCUT2D eigenvalue weighted by atomic mass is 16.5. The number of aryl methyl sites for hydroxylation is 1. The molecule has 0 saturated carbocycles. The molecule has 1 aromatic carbocycles. The first-order chi connectivity index (χ1) is 8.99. The highest BCUT2D eigenvalue weighted by Crippen LogP contribution is 2.24. The molecule has 0 saturated heterocycles. The molecule has 1 aromatic rings. The maximum absolute atomic E-state index is 11.1. The molecule has 5 heteroatoms. The zero-order valence-corrected chi connectivity index (χ0v) is 11.8. The number of carboxylic acids is 1. The summed E-state index contributed by atoms with van der Waals surface area (Å²) in [6.07, 6.45) is 0. The second-order valence-corrected chi connectivity index (χ2v) is 4.38. The molecule has 0 aliphatic heterocycles. The van der Waals surface area contributed by atoms with Crippen molar-refractivity contribution in [1.82, 2.24) is 4.90 Å². The lowest BCUT2D eigenvalue weighted by Gasteiger charge is -2.18. The molecule has 106 valence electrons. The van der Waals surface area contributed by atoms with Crippen molar-refractivity contribution < 1.29 is 14.6 Å². The van der Waals surface area contributed by atoms with Crippen LogP contribution in [0.5, 0.6) is 5.75 Å². The third-order valence-electron chi connectivity index (χ3n) is 3.16. The Morgan fingerprint density at radius 2 is 2.00 bits per heavy atom. The first kappa shape index (κ1) is 15.3. The van der Waals surface area contributed by atoms with Crippen molar-refractivity contribution in [3.05, 3.63) is 23.3 Å². The van der Waals surface area contributed by atoms with Gasteiger partial charge in [-0.3, -0.25) is 0 Å². The van der Waals surface area contributed by atoms with Gasteiger partial charge in [0, 0.05) is 12.2 Å². The van der Waals surface area contributed by atoms with Gasteiger partial charge in [-0.2, -0.15) is 0 Å². The number of hydrogen-bond donors (Lipinski definition) is 2. The van der Waals surface area contributed by atoms with Crippen LogP contribution < -0.4 is 10.5 Å². The van der Waals surface area contributed by atoms with Gasteiger partial charge in [0.25, 0.3) is 0 Å². The predicted octanol–water partition coefficient (Wildman–Crippen LogP) is 2.00. The number of carbonyl (C=O) groups is 1. The Labute approximate surface area is 114 Å². The highest BCUT2D eigenvalue weighted by molar-refractivity contribution is 5.95. The van der Waals surface area contributed by atoms with E-state index < -0.39 is 5.97 Å². The predicted molar refractivity (Wildman–Crippen MR) is 75.8 cm³/mol. The number of benzene rings is 1. The standard InChI is InChI=1S/C14H22N2O3/c1-4-16(5-2)6-7-19-11-8-10(3)13(15)12(9-11)14(17)18/h8-9H,4-7,15H2,1-3H3,(H,17,18). The lowest BCUT2D eigenvalue weighted by molar-refractivity contribution is 0.0697. The molecule has 0 fully saturated rings. The van der Waals surface area contributed by atoms with E-state index in [0.717, 1.165) is 25.2 Å². The van der Waals surface area contributed by atoms with Crippen LogP contribution in [0, 0.1) is 6.92 Å². The molecular formula is C14H22N2O3. The van der Waals surface area contributed by atoms with Gasteiger partial charge in [0.15, 0.2) is 0 Å². The van der Waals surface area contributed by atoms with Crippen molar-refractivity contribution in [1.29, 1.82) is 0 Å². The first-order valence-electron chi connectivity index (χ1n) is 6.48. The van der Waals surface area contributed by atoms with Gasteiger partial charge >= 0.3 is 5.97 Å². The molecule has 1 rings (SSSR count). The first-order valence-corrected chi connectivity index (χ1v) is 6.48. The van der Waals surface area contributed by atoms with Gasteiger partial charge < -0.3 is 20.5 Å². The minimum Gasteiger partial charge on any atom is -0.492 e. The largest absolute Gasteiger partial charge is 0.492 e. The maximum atomic E-state index is 11.1. The number of nitrogens with zero attached hydrogens (tertiary/aromatic N) is 1. The lowest BCUT2D eigenvalue weighted by atomic mass is 10.1. The van der Waals surface area contributed by atoms with Crippen molar-refractivity contribution in [3.8, 4) is 5.75 Å². The maximum Gasteiger partial charge on any atom is 0.337 e. The van der Waals surface area contributed by atoms with Crippen molar-refractivity contribution in [2.45, 2.75) is 20.8 Å². The van der Waals surface area contributed by atoms with Gasteiger partial charge in [0.2, 0.25) is 0 Å². The number of anilines is 1. The fourth-order valence-corrected chi connectivity index (χ4v) is 1.86. The zero-order valence-electron chi connectivity index (χ0n) is 11.8. The summed E-state index contributed by atoms with van der Waals surface area (Å²) in [5.41, 5.74) is 6.84. The monoisotopic (exact) mass is 266 g/mol. The topological polar surface area (TPSA) is 75.8 Å². The van der Waals surface area contributed by atoms with Crippen molar-refractivity contribution >= 4 is 11.7 Å². The second kappa shape index (κ2) is 6.99. The van der Waals surface area contributed by atoms with Crippen LogP contribution in [-0.2, 0) is 0 Å². The number of nitrogen functional groups attached to an aromatic ring is 1. The molecule has 0 heterocycles. The smallest absolute Gasteiger partial charge is 0.337 e. The van der Waals surface area contributed by atoms with E-state index in [1.807, 2.05) is 0 Å². The summed E-state index contributed by atoms with van der Waals surface area (Å²) in [6, 6.07) is 3.25. The quantitative estimate of drug-likeness (QED) is 0.738. The van der Waals surface area contributed by atoms with Crippen LogP contribution in [0.25, 0.3) is 0 Å². The van der Waals surface area contributed by atoms with E-state index in [0.29, 0.717) is 18.0 Å². The Balaban J connectivity index is 2.72. The number of aromatic carboxylic acids is 1. The van der Waals surface area contributed by atoms with Crippen molar-refractivity contribution in [2.75, 3.05) is 32.0 Å². The van der Waals surface area contributed by atoms with E-state index in [2.05, 4.69) is 18.7 Å². The van der Waals surface area contributed by atoms with E-state index in [1.165, 1.54) is 6.07 Å². The van der Waals surface area contributed by atoms with Gasteiger partial charge in [0.05, 0.1) is 5.56 Å². The van der Waals surface area contributed by atoms with Gasteiger partial charge in [0.1, 0.15) is 12.4 Å². The van der Waals surface area contributed by atoms with E-state index in [9.17, 15) is 4.79 Å². The second-order valence-electron chi connectivity index (χ2n) is 4.38. The summed E-state index contributed by atoms with van der Waals surface area (Å²) in [6.45, 7) is 9.27. The Kier molecular flexibility index (Phi) is 5.63. The lowest BCUT2D eigenvalue weighted by Crippen LogP contribution is -2.27. The fourth-order valence-electron chi connectivity index (χ4n) is 1.86. The van der Waals surface area contributed by atoms with Gasteiger partial charge in [-0.05, 0) is 37.7 Å². The molecule has 3 N–H and O–H groups in total. The van der Waals surface area contributed by atoms with Crippen LogP contribution >= 0.6 is 0 Å². The molecular weight excluding hydrogens is 244 g/mol. The molecule has 0 aromatic heterocycles. The number of nitrogens with two attached hydrogens (primary N) is 1. The summed E-state index contributed by atoms with van der Waals surface area (Å²) < 4.78 is 5.61. The van der Waals surface area contributed by atoms with E-state index in [-0.39, 0.29) is 5.56 Å². The van der Waals surface area contributed by atoms with Crippen molar-refractivity contribution in [3.63, 3.8) is 0 Å². The van der Waals surface area contributed by atoms with Crippen LogP contribution in [0.3, 0.4) is 0 Å². The minimum atomic E-state index is -1.03. The number of hydrogen-bond acceptors (Lipinski definition) is 4. The molecule has 0 aliphatic carbocycles. The summed E-state index contributed by atoms with van der Waals surface area (Å²) in [7, 11) is 0.